The number of carbonyl (C=O) groups is 1. The summed E-state index contributed by atoms with van der Waals surface area (Å²) in [7, 11) is 0. The predicted molar refractivity (Wildman–Crippen MR) is 83.9 cm³/mol. The number of unbranched alkanes of at least 4 members (excludes halogenated alkanes) is 1. The van der Waals surface area contributed by atoms with Crippen LogP contribution in [0.4, 0.5) is 5.69 Å². The van der Waals surface area contributed by atoms with Gasteiger partial charge in [-0.25, -0.2) is 4.79 Å². The molecule has 0 aliphatic rings. The van der Waals surface area contributed by atoms with Crippen LogP contribution in [-0.2, 0) is 4.74 Å². The monoisotopic (exact) mass is 277 g/mol. The molecule has 20 heavy (non-hydrogen) atoms. The third-order valence-corrected chi connectivity index (χ3v) is 3.83. The lowest BCUT2D eigenvalue weighted by Crippen LogP contribution is -2.15. The summed E-state index contributed by atoms with van der Waals surface area (Å²) >= 11 is 0. The zero-order valence-corrected chi connectivity index (χ0v) is 13.2. The van der Waals surface area contributed by atoms with Crippen LogP contribution < -0.4 is 5.73 Å². The summed E-state index contributed by atoms with van der Waals surface area (Å²) in [5, 5.41) is 0. The van der Waals surface area contributed by atoms with Crippen LogP contribution in [0.25, 0.3) is 0 Å². The Morgan fingerprint density at radius 2 is 1.95 bits per heavy atom. The fourth-order valence-corrected chi connectivity index (χ4v) is 2.26. The van der Waals surface area contributed by atoms with Gasteiger partial charge < -0.3 is 10.5 Å². The average molecular weight is 277 g/mol. The van der Waals surface area contributed by atoms with Gasteiger partial charge in [-0.05, 0) is 43.4 Å². The first kappa shape index (κ1) is 16.5. The quantitative estimate of drug-likeness (QED) is 0.598. The highest BCUT2D eigenvalue weighted by Crippen LogP contribution is 2.20. The predicted octanol–water partition coefficient (Wildman–Crippen LogP) is 4.26. The Balaban J connectivity index is 2.65. The molecular weight excluding hydrogens is 250 g/mol. The number of aryl methyl sites for hydroxylation is 2. The smallest absolute Gasteiger partial charge is 0.338 e. The molecule has 0 amide bonds. The molecule has 0 saturated heterocycles. The van der Waals surface area contributed by atoms with Crippen LogP contribution in [0.15, 0.2) is 12.1 Å². The summed E-state index contributed by atoms with van der Waals surface area (Å²) in [5.41, 5.74) is 9.00. The molecule has 0 aliphatic heterocycles. The Morgan fingerprint density at radius 3 is 2.55 bits per heavy atom. The number of hydrogen-bond donors (Lipinski definition) is 1. The number of benzene rings is 1. The molecule has 1 unspecified atom stereocenters. The van der Waals surface area contributed by atoms with Gasteiger partial charge in [-0.2, -0.15) is 0 Å². The highest BCUT2D eigenvalue weighted by atomic mass is 16.5. The maximum Gasteiger partial charge on any atom is 0.338 e. The lowest BCUT2D eigenvalue weighted by Gasteiger charge is -2.15. The van der Waals surface area contributed by atoms with Gasteiger partial charge in [-0.3, -0.25) is 0 Å². The van der Waals surface area contributed by atoms with Crippen molar-refractivity contribution in [2.45, 2.75) is 53.4 Å². The normalized spacial score (nSPS) is 12.2. The van der Waals surface area contributed by atoms with Gasteiger partial charge in [0.25, 0.3) is 0 Å². The lowest BCUT2D eigenvalue weighted by atomic mass is 10.0. The maximum atomic E-state index is 12.1. The number of ether oxygens (including phenoxy) is 1. The number of rotatable bonds is 7. The van der Waals surface area contributed by atoms with Gasteiger partial charge in [-0.1, -0.05) is 39.2 Å². The van der Waals surface area contributed by atoms with Crippen LogP contribution in [0.5, 0.6) is 0 Å². The fraction of sp³-hybridized carbons (Fsp3) is 0.588. The van der Waals surface area contributed by atoms with Crippen LogP contribution in [0.2, 0.25) is 0 Å². The van der Waals surface area contributed by atoms with Gasteiger partial charge in [-0.15, -0.1) is 0 Å². The molecule has 0 heterocycles. The van der Waals surface area contributed by atoms with E-state index in [0.29, 0.717) is 23.8 Å². The van der Waals surface area contributed by atoms with Crippen LogP contribution >= 0.6 is 0 Å². The van der Waals surface area contributed by atoms with Crippen molar-refractivity contribution in [2.24, 2.45) is 5.92 Å². The van der Waals surface area contributed by atoms with E-state index < -0.39 is 0 Å². The topological polar surface area (TPSA) is 52.3 Å². The van der Waals surface area contributed by atoms with E-state index in [1.54, 1.807) is 6.07 Å². The molecule has 1 aromatic carbocycles. The second-order valence-electron chi connectivity index (χ2n) is 5.54. The number of nitrogen functional groups attached to an aromatic ring is 1. The molecule has 112 valence electrons. The summed E-state index contributed by atoms with van der Waals surface area (Å²) in [6.07, 6.45) is 4.53. The number of carbonyl (C=O) groups excluding carboxylic acids is 1. The van der Waals surface area contributed by atoms with Gasteiger partial charge in [0.05, 0.1) is 12.2 Å². The molecule has 0 fully saturated rings. The van der Waals surface area contributed by atoms with Crippen LogP contribution in [0.3, 0.4) is 0 Å². The van der Waals surface area contributed by atoms with Crippen LogP contribution in [0.1, 0.15) is 61.0 Å². The van der Waals surface area contributed by atoms with E-state index in [-0.39, 0.29) is 5.97 Å². The molecule has 3 heteroatoms. The van der Waals surface area contributed by atoms with Crippen molar-refractivity contribution in [1.29, 1.82) is 0 Å². The minimum atomic E-state index is -0.260. The minimum Gasteiger partial charge on any atom is -0.462 e. The molecule has 0 aliphatic carbocycles. The van der Waals surface area contributed by atoms with E-state index in [0.717, 1.165) is 24.0 Å². The SMILES string of the molecule is CCCCC(CC)COC(=O)c1cc(N)c(C)cc1C. The van der Waals surface area contributed by atoms with Gasteiger partial charge >= 0.3 is 5.97 Å². The number of hydrogen-bond acceptors (Lipinski definition) is 3. The zero-order chi connectivity index (χ0) is 15.1. The second kappa shape index (κ2) is 7.93. The van der Waals surface area contributed by atoms with E-state index in [4.69, 9.17) is 10.5 Å². The van der Waals surface area contributed by atoms with Gasteiger partial charge in [0, 0.05) is 5.69 Å². The standard InChI is InChI=1S/C17H27NO2/c1-5-7-8-14(6-2)11-20-17(19)15-10-16(18)13(4)9-12(15)3/h9-10,14H,5-8,11,18H2,1-4H3. The number of nitrogens with two attached hydrogens (primary N) is 1. The Morgan fingerprint density at radius 1 is 1.25 bits per heavy atom. The van der Waals surface area contributed by atoms with E-state index >= 15 is 0 Å². The zero-order valence-electron chi connectivity index (χ0n) is 13.2. The van der Waals surface area contributed by atoms with Gasteiger partial charge in [0.1, 0.15) is 0 Å². The molecule has 0 bridgehead atoms. The Kier molecular flexibility index (Phi) is 6.56. The third-order valence-electron chi connectivity index (χ3n) is 3.83. The minimum absolute atomic E-state index is 0.260. The molecular formula is C17H27NO2. The summed E-state index contributed by atoms with van der Waals surface area (Å²) in [5.74, 6) is 0.200. The molecule has 1 aromatic rings. The molecule has 2 N–H and O–H groups in total. The van der Waals surface area contributed by atoms with Gasteiger partial charge in [0.2, 0.25) is 0 Å². The van der Waals surface area contributed by atoms with Crippen molar-refractivity contribution in [3.8, 4) is 0 Å². The molecule has 1 rings (SSSR count). The van der Waals surface area contributed by atoms with Crippen molar-refractivity contribution in [1.82, 2.24) is 0 Å². The first-order chi connectivity index (χ1) is 9.49. The molecule has 0 radical (unpaired) electrons. The highest BCUT2D eigenvalue weighted by molar-refractivity contribution is 5.92. The Hall–Kier alpha value is -1.51. The van der Waals surface area contributed by atoms with Crippen LogP contribution in [0, 0.1) is 19.8 Å². The number of anilines is 1. The Bertz CT molecular complexity index is 455. The summed E-state index contributed by atoms with van der Waals surface area (Å²) in [6.45, 7) is 8.68. The number of esters is 1. The van der Waals surface area contributed by atoms with Crippen molar-refractivity contribution >= 4 is 11.7 Å². The molecule has 1 atom stereocenters. The van der Waals surface area contributed by atoms with Crippen molar-refractivity contribution in [3.63, 3.8) is 0 Å². The first-order valence-corrected chi connectivity index (χ1v) is 7.53. The van der Waals surface area contributed by atoms with Crippen molar-refractivity contribution < 1.29 is 9.53 Å². The molecule has 0 saturated carbocycles. The van der Waals surface area contributed by atoms with E-state index in [1.165, 1.54) is 12.8 Å². The highest BCUT2D eigenvalue weighted by Gasteiger charge is 2.15. The van der Waals surface area contributed by atoms with Gasteiger partial charge in [0.15, 0.2) is 0 Å². The first-order valence-electron chi connectivity index (χ1n) is 7.53. The summed E-state index contributed by atoms with van der Waals surface area (Å²) in [6, 6.07) is 3.65. The maximum absolute atomic E-state index is 12.1. The van der Waals surface area contributed by atoms with Crippen LogP contribution in [-0.4, -0.2) is 12.6 Å². The summed E-state index contributed by atoms with van der Waals surface area (Å²) < 4.78 is 5.46. The fourth-order valence-electron chi connectivity index (χ4n) is 2.26. The molecule has 0 spiro atoms. The molecule has 0 aromatic heterocycles. The van der Waals surface area contributed by atoms with E-state index in [9.17, 15) is 4.79 Å². The third kappa shape index (κ3) is 4.55. The Labute approximate surface area is 122 Å². The molecule has 3 nitrogen and oxygen atoms in total. The lowest BCUT2D eigenvalue weighted by molar-refractivity contribution is 0.0427. The largest absolute Gasteiger partial charge is 0.462 e. The van der Waals surface area contributed by atoms with Crippen molar-refractivity contribution in [2.75, 3.05) is 12.3 Å². The van der Waals surface area contributed by atoms with E-state index in [1.807, 2.05) is 19.9 Å². The van der Waals surface area contributed by atoms with E-state index in [2.05, 4.69) is 13.8 Å². The van der Waals surface area contributed by atoms with Crippen molar-refractivity contribution in [3.05, 3.63) is 28.8 Å². The second-order valence-corrected chi connectivity index (χ2v) is 5.54. The summed E-state index contributed by atoms with van der Waals surface area (Å²) in [4.78, 5) is 12.1. The average Bonchev–Trinajstić information content (AvgIpc) is 2.42.